The predicted octanol–water partition coefficient (Wildman–Crippen LogP) is 5.07. The van der Waals surface area contributed by atoms with Crippen LogP contribution in [0.4, 0.5) is 10.2 Å². The number of benzene rings is 1. The van der Waals surface area contributed by atoms with Gasteiger partial charge in [0.2, 0.25) is 5.91 Å². The third-order valence-corrected chi connectivity index (χ3v) is 8.82. The van der Waals surface area contributed by atoms with Crippen LogP contribution < -0.4 is 19.7 Å². The molecule has 2 aromatic heterocycles. The number of ether oxygens (including phenoxy) is 2. The Labute approximate surface area is 265 Å². The lowest BCUT2D eigenvalue weighted by Gasteiger charge is -2.59. The number of halogens is 1. The number of nitrogens with zero attached hydrogens (tertiary/aromatic N) is 5. The molecule has 4 heterocycles. The Balaban J connectivity index is 0.000000390. The van der Waals surface area contributed by atoms with E-state index in [0.717, 1.165) is 81.1 Å². The highest BCUT2D eigenvalue weighted by atomic mass is 19.1. The van der Waals surface area contributed by atoms with Crippen molar-refractivity contribution < 1.29 is 23.8 Å². The first-order chi connectivity index (χ1) is 21.7. The first kappa shape index (κ1) is 32.6. The van der Waals surface area contributed by atoms with Gasteiger partial charge in [-0.25, -0.2) is 14.4 Å². The van der Waals surface area contributed by atoms with Crippen molar-refractivity contribution in [2.75, 3.05) is 37.7 Å². The number of nitrogens with one attached hydrogen (secondary N) is 1. The van der Waals surface area contributed by atoms with E-state index in [4.69, 9.17) is 9.47 Å². The summed E-state index contributed by atoms with van der Waals surface area (Å²) in [5, 5.41) is 12.9. The van der Waals surface area contributed by atoms with Crippen molar-refractivity contribution in [1.82, 2.24) is 25.2 Å². The third-order valence-electron chi connectivity index (χ3n) is 8.82. The van der Waals surface area contributed by atoms with Crippen LogP contribution in [0.25, 0.3) is 0 Å². The molecular weight excluding hydrogens is 575 g/mol. The lowest BCUT2D eigenvalue weighted by atomic mass is 9.61. The summed E-state index contributed by atoms with van der Waals surface area (Å²) in [6, 6.07) is 8.43. The molecule has 0 bridgehead atoms. The number of carbonyl (C=O) groups excluding carboxylic acids is 1. The highest BCUT2D eigenvalue weighted by Gasteiger charge is 2.54. The molecule has 1 unspecified atom stereocenters. The fourth-order valence-electron chi connectivity index (χ4n) is 6.72. The number of carbonyl (C=O) groups is 1. The molecule has 242 valence electrons. The number of hydrogen-bond donors (Lipinski definition) is 2. The van der Waals surface area contributed by atoms with Crippen LogP contribution in [-0.4, -0.2) is 75.8 Å². The topological polar surface area (TPSA) is 113 Å². The lowest BCUT2D eigenvalue weighted by Crippen LogP contribution is -2.65. The zero-order chi connectivity index (χ0) is 32.0. The Morgan fingerprint density at radius 3 is 2.58 bits per heavy atom. The van der Waals surface area contributed by atoms with Crippen LogP contribution in [0.1, 0.15) is 70.7 Å². The normalized spacial score (nSPS) is 18.3. The minimum absolute atomic E-state index is 0.160. The Morgan fingerprint density at radius 1 is 1.18 bits per heavy atom. The van der Waals surface area contributed by atoms with Gasteiger partial charge in [0, 0.05) is 75.4 Å². The molecule has 2 fully saturated rings. The Kier molecular flexibility index (Phi) is 10.5. The second-order valence-corrected chi connectivity index (χ2v) is 12.5. The van der Waals surface area contributed by atoms with Crippen molar-refractivity contribution >= 4 is 11.7 Å². The van der Waals surface area contributed by atoms with Crippen molar-refractivity contribution in [3.63, 3.8) is 0 Å². The zero-order valence-corrected chi connectivity index (χ0v) is 26.7. The number of rotatable bonds is 10. The maximum Gasteiger partial charge on any atom is 0.219 e. The number of anilines is 1. The number of fused-ring (bicyclic) bond motifs is 1. The van der Waals surface area contributed by atoms with Gasteiger partial charge in [-0.05, 0) is 76.8 Å². The van der Waals surface area contributed by atoms with Gasteiger partial charge >= 0.3 is 0 Å². The highest BCUT2D eigenvalue weighted by molar-refractivity contribution is 5.73. The van der Waals surface area contributed by atoms with E-state index in [9.17, 15) is 14.3 Å². The maximum atomic E-state index is 13.2. The number of amides is 1. The van der Waals surface area contributed by atoms with E-state index in [1.807, 2.05) is 37.9 Å². The molecule has 1 aliphatic carbocycles. The molecule has 1 saturated carbocycles. The average molecular weight is 621 g/mol. The van der Waals surface area contributed by atoms with E-state index in [0.29, 0.717) is 17.5 Å². The highest BCUT2D eigenvalue weighted by Crippen LogP contribution is 2.52. The van der Waals surface area contributed by atoms with Gasteiger partial charge < -0.3 is 29.7 Å². The van der Waals surface area contributed by atoms with Gasteiger partial charge in [-0.3, -0.25) is 9.78 Å². The molecule has 10 nitrogen and oxygen atoms in total. The number of aromatic nitrogens is 3. The lowest BCUT2D eigenvalue weighted by molar-refractivity contribution is -0.130. The van der Waals surface area contributed by atoms with E-state index < -0.39 is 0 Å². The molecule has 45 heavy (non-hydrogen) atoms. The average Bonchev–Trinajstić information content (AvgIpc) is 2.98. The van der Waals surface area contributed by atoms with Gasteiger partial charge in [-0.1, -0.05) is 0 Å². The van der Waals surface area contributed by atoms with Crippen LogP contribution in [0.3, 0.4) is 0 Å². The van der Waals surface area contributed by atoms with Crippen LogP contribution in [0.5, 0.6) is 17.2 Å². The standard InChI is InChI=1S/C27H30FN5O3.C7H15NO/c28-18-3-5-19(6-4-18)35-24-14-29-17-32-26(24)33-15-27(16-33)12-20(13-27)36-23-8-10-31-22-7-9-30-21(25(22)23)2-1-11-34;1-5-8(6(2)3)7(4)9/h3-6,8,10,14,17,20-21,30,34H,1-2,7,9,11-13,15-16H2;6H,5H2,1-4H3. The van der Waals surface area contributed by atoms with Crippen LogP contribution in [-0.2, 0) is 11.2 Å². The first-order valence-electron chi connectivity index (χ1n) is 16.0. The summed E-state index contributed by atoms with van der Waals surface area (Å²) in [7, 11) is 0. The first-order valence-corrected chi connectivity index (χ1v) is 16.0. The third kappa shape index (κ3) is 7.70. The van der Waals surface area contributed by atoms with Crippen LogP contribution in [0.2, 0.25) is 0 Å². The van der Waals surface area contributed by atoms with E-state index in [1.54, 1.807) is 25.3 Å². The van der Waals surface area contributed by atoms with Crippen LogP contribution in [0.15, 0.2) is 49.1 Å². The number of pyridine rings is 1. The molecule has 1 aromatic carbocycles. The van der Waals surface area contributed by atoms with Crippen molar-refractivity contribution in [2.45, 2.75) is 78.0 Å². The summed E-state index contributed by atoms with van der Waals surface area (Å²) >= 11 is 0. The summed E-state index contributed by atoms with van der Waals surface area (Å²) < 4.78 is 25.7. The Hall–Kier alpha value is -3.83. The maximum absolute atomic E-state index is 13.2. The fourth-order valence-corrected chi connectivity index (χ4v) is 6.72. The molecule has 2 aliphatic heterocycles. The summed E-state index contributed by atoms with van der Waals surface area (Å²) in [5.74, 6) is 2.65. The van der Waals surface area contributed by atoms with Gasteiger partial charge in [0.15, 0.2) is 11.6 Å². The second kappa shape index (κ2) is 14.5. The summed E-state index contributed by atoms with van der Waals surface area (Å²) in [6.45, 7) is 11.3. The number of aliphatic hydroxyl groups is 1. The van der Waals surface area contributed by atoms with Crippen molar-refractivity contribution in [3.8, 4) is 17.2 Å². The molecule has 1 atom stereocenters. The SMILES string of the molecule is CCN(C(C)=O)C(C)C.OCCCC1NCCc2nccc(OC3CC4(C3)CN(c3ncncc3Oc3ccc(F)cc3)C4)c21. The molecular formula is C34H45FN6O4. The Bertz CT molecular complexity index is 1420. The van der Waals surface area contributed by atoms with Gasteiger partial charge in [0.1, 0.15) is 29.7 Å². The minimum Gasteiger partial charge on any atom is -0.490 e. The van der Waals surface area contributed by atoms with E-state index >= 15 is 0 Å². The smallest absolute Gasteiger partial charge is 0.219 e. The van der Waals surface area contributed by atoms with Crippen molar-refractivity contribution in [3.05, 3.63) is 66.1 Å². The van der Waals surface area contributed by atoms with E-state index in [2.05, 4.69) is 25.2 Å². The summed E-state index contributed by atoms with van der Waals surface area (Å²) in [6.07, 6.45) is 9.71. The molecule has 6 rings (SSSR count). The largest absolute Gasteiger partial charge is 0.490 e. The van der Waals surface area contributed by atoms with Crippen LogP contribution in [0, 0.1) is 11.2 Å². The molecule has 1 spiro atoms. The Morgan fingerprint density at radius 2 is 1.93 bits per heavy atom. The fraction of sp³-hybridized carbons (Fsp3) is 0.529. The molecule has 1 saturated heterocycles. The number of hydrogen-bond acceptors (Lipinski definition) is 9. The zero-order valence-electron chi connectivity index (χ0n) is 26.7. The van der Waals surface area contributed by atoms with Gasteiger partial charge in [-0.15, -0.1) is 0 Å². The van der Waals surface area contributed by atoms with Crippen LogP contribution >= 0.6 is 0 Å². The summed E-state index contributed by atoms with van der Waals surface area (Å²) in [4.78, 5) is 27.9. The van der Waals surface area contributed by atoms with E-state index in [1.165, 1.54) is 18.5 Å². The van der Waals surface area contributed by atoms with Crippen molar-refractivity contribution in [2.24, 2.45) is 5.41 Å². The monoisotopic (exact) mass is 620 g/mol. The van der Waals surface area contributed by atoms with Gasteiger partial charge in [0.05, 0.1) is 11.9 Å². The number of aliphatic hydroxyl groups excluding tert-OH is 1. The quantitative estimate of drug-likeness (QED) is 0.321. The van der Waals surface area contributed by atoms with Gasteiger partial charge in [-0.2, -0.15) is 0 Å². The summed E-state index contributed by atoms with van der Waals surface area (Å²) in [5.41, 5.74) is 2.50. The molecule has 2 N–H and O–H groups in total. The molecule has 1 amide bonds. The molecule has 3 aliphatic rings. The second-order valence-electron chi connectivity index (χ2n) is 12.5. The van der Waals surface area contributed by atoms with E-state index in [-0.39, 0.29) is 35.9 Å². The molecule has 0 radical (unpaired) electrons. The minimum atomic E-state index is -0.303. The molecule has 11 heteroatoms. The molecule has 3 aromatic rings. The van der Waals surface area contributed by atoms with Crippen molar-refractivity contribution in [1.29, 1.82) is 0 Å². The predicted molar refractivity (Wildman–Crippen MR) is 170 cm³/mol. The van der Waals surface area contributed by atoms with Gasteiger partial charge in [0.25, 0.3) is 0 Å².